The molecule has 3 aromatic rings. The molecule has 3 rings (SSSR count). The van der Waals surface area contributed by atoms with E-state index in [0.29, 0.717) is 17.1 Å². The summed E-state index contributed by atoms with van der Waals surface area (Å²) >= 11 is 5.80. The van der Waals surface area contributed by atoms with Crippen LogP contribution in [0.1, 0.15) is 16.1 Å². The van der Waals surface area contributed by atoms with Crippen molar-refractivity contribution in [3.05, 3.63) is 59.3 Å². The number of aromatic nitrogens is 3. The van der Waals surface area contributed by atoms with E-state index in [9.17, 15) is 9.90 Å². The lowest BCUT2D eigenvalue weighted by Gasteiger charge is -2.06. The third-order valence-electron chi connectivity index (χ3n) is 2.82. The molecule has 0 saturated heterocycles. The third kappa shape index (κ3) is 2.89. The summed E-state index contributed by atoms with van der Waals surface area (Å²) in [5.41, 5.74) is 0.489. The normalized spacial score (nSPS) is 11.1. The van der Waals surface area contributed by atoms with Gasteiger partial charge in [-0.15, -0.1) is 10.2 Å². The van der Waals surface area contributed by atoms with Crippen molar-refractivity contribution >= 4 is 23.8 Å². The molecule has 110 valence electrons. The molecular formula is C14H8ClN4O3-. The summed E-state index contributed by atoms with van der Waals surface area (Å²) < 4.78 is 7.00. The van der Waals surface area contributed by atoms with Gasteiger partial charge in [-0.1, -0.05) is 11.6 Å². The summed E-state index contributed by atoms with van der Waals surface area (Å²) in [7, 11) is 0. The average Bonchev–Trinajstić information content (AvgIpc) is 3.17. The zero-order valence-electron chi connectivity index (χ0n) is 11.0. The molecule has 2 heterocycles. The standard InChI is InChI=1S/C14H9ClN4O3/c15-12-3-1-9(5-11(12)14(20)21)13-4-2-10(22-13)6-18-19-7-16-17-8-19/h1-8H,(H,20,21)/p-1/b18-6-. The van der Waals surface area contributed by atoms with Gasteiger partial charge in [0.2, 0.25) is 0 Å². The van der Waals surface area contributed by atoms with Gasteiger partial charge in [-0.2, -0.15) is 5.10 Å². The second-order valence-corrected chi connectivity index (χ2v) is 4.68. The molecule has 8 heteroatoms. The number of hydrogen-bond donors (Lipinski definition) is 0. The Morgan fingerprint density at radius 3 is 2.77 bits per heavy atom. The van der Waals surface area contributed by atoms with Crippen LogP contribution in [0.3, 0.4) is 0 Å². The van der Waals surface area contributed by atoms with E-state index in [1.807, 2.05) is 0 Å². The number of carboxylic acid groups (broad SMARTS) is 1. The van der Waals surface area contributed by atoms with Crippen LogP contribution in [0, 0.1) is 0 Å². The molecule has 0 bridgehead atoms. The van der Waals surface area contributed by atoms with Crippen molar-refractivity contribution in [1.82, 2.24) is 14.9 Å². The van der Waals surface area contributed by atoms with Crippen LogP contribution in [0.15, 0.2) is 52.5 Å². The molecule has 7 nitrogen and oxygen atoms in total. The Bertz CT molecular complexity index is 840. The van der Waals surface area contributed by atoms with Gasteiger partial charge < -0.3 is 14.3 Å². The minimum atomic E-state index is -1.34. The van der Waals surface area contributed by atoms with Crippen LogP contribution in [-0.4, -0.2) is 27.1 Å². The Balaban J connectivity index is 1.87. The largest absolute Gasteiger partial charge is 0.545 e. The lowest BCUT2D eigenvalue weighted by atomic mass is 10.1. The number of furan rings is 1. The van der Waals surface area contributed by atoms with Gasteiger partial charge in [0, 0.05) is 16.1 Å². The van der Waals surface area contributed by atoms with Gasteiger partial charge >= 0.3 is 0 Å². The predicted molar refractivity (Wildman–Crippen MR) is 76.5 cm³/mol. The summed E-state index contributed by atoms with van der Waals surface area (Å²) in [6, 6.07) is 7.95. The van der Waals surface area contributed by atoms with Crippen molar-refractivity contribution < 1.29 is 14.3 Å². The van der Waals surface area contributed by atoms with Gasteiger partial charge in [0.15, 0.2) is 0 Å². The molecule has 0 aliphatic rings. The van der Waals surface area contributed by atoms with Crippen LogP contribution < -0.4 is 5.11 Å². The van der Waals surface area contributed by atoms with E-state index in [1.165, 1.54) is 35.7 Å². The summed E-state index contributed by atoms with van der Waals surface area (Å²) in [6.07, 6.45) is 4.36. The Morgan fingerprint density at radius 1 is 1.27 bits per heavy atom. The molecule has 0 spiro atoms. The molecule has 0 aliphatic heterocycles. The van der Waals surface area contributed by atoms with Crippen LogP contribution in [0.5, 0.6) is 0 Å². The van der Waals surface area contributed by atoms with Crippen LogP contribution >= 0.6 is 11.6 Å². The second-order valence-electron chi connectivity index (χ2n) is 4.27. The highest BCUT2D eigenvalue weighted by atomic mass is 35.5. The Morgan fingerprint density at radius 2 is 2.05 bits per heavy atom. The fourth-order valence-corrected chi connectivity index (χ4v) is 1.99. The first kappa shape index (κ1) is 14.0. The van der Waals surface area contributed by atoms with Gasteiger partial charge in [-0.3, -0.25) is 0 Å². The fraction of sp³-hybridized carbons (Fsp3) is 0. The van der Waals surface area contributed by atoms with Crippen molar-refractivity contribution in [3.63, 3.8) is 0 Å². The van der Waals surface area contributed by atoms with Crippen LogP contribution in [0.2, 0.25) is 5.02 Å². The van der Waals surface area contributed by atoms with Gasteiger partial charge in [0.05, 0.1) is 12.2 Å². The van der Waals surface area contributed by atoms with E-state index < -0.39 is 5.97 Å². The first-order valence-electron chi connectivity index (χ1n) is 6.13. The maximum absolute atomic E-state index is 11.0. The summed E-state index contributed by atoms with van der Waals surface area (Å²) in [5, 5.41) is 22.4. The minimum Gasteiger partial charge on any atom is -0.545 e. The predicted octanol–water partition coefficient (Wildman–Crippen LogP) is 1.44. The lowest BCUT2D eigenvalue weighted by molar-refractivity contribution is -0.255. The number of halogens is 1. The molecule has 0 atom stereocenters. The van der Waals surface area contributed by atoms with E-state index in [4.69, 9.17) is 16.0 Å². The van der Waals surface area contributed by atoms with Crippen LogP contribution in [-0.2, 0) is 0 Å². The molecule has 0 amide bonds. The SMILES string of the molecule is O=C([O-])c1cc(-c2ccc(/C=N\n3cnnc3)o2)ccc1Cl. The lowest BCUT2D eigenvalue weighted by Crippen LogP contribution is -2.22. The number of hydrogen-bond acceptors (Lipinski definition) is 6. The molecule has 0 saturated carbocycles. The van der Waals surface area contributed by atoms with E-state index in [1.54, 1.807) is 18.2 Å². The maximum Gasteiger partial charge on any atom is 0.147 e. The highest BCUT2D eigenvalue weighted by Crippen LogP contribution is 2.26. The monoisotopic (exact) mass is 315 g/mol. The number of carbonyl (C=O) groups is 1. The molecule has 0 aliphatic carbocycles. The number of nitrogens with zero attached hydrogens (tertiary/aromatic N) is 4. The first-order valence-corrected chi connectivity index (χ1v) is 6.51. The zero-order valence-corrected chi connectivity index (χ0v) is 11.8. The van der Waals surface area contributed by atoms with Crippen LogP contribution in [0.25, 0.3) is 11.3 Å². The number of carboxylic acids is 1. The zero-order chi connectivity index (χ0) is 15.5. The van der Waals surface area contributed by atoms with Gasteiger partial charge in [0.1, 0.15) is 24.2 Å². The van der Waals surface area contributed by atoms with Crippen molar-refractivity contribution in [2.45, 2.75) is 0 Å². The number of benzene rings is 1. The molecule has 0 fully saturated rings. The van der Waals surface area contributed by atoms with Crippen molar-refractivity contribution in [3.8, 4) is 11.3 Å². The molecule has 0 N–H and O–H groups in total. The van der Waals surface area contributed by atoms with Crippen molar-refractivity contribution in [1.29, 1.82) is 0 Å². The smallest absolute Gasteiger partial charge is 0.147 e. The summed E-state index contributed by atoms with van der Waals surface area (Å²) in [5.74, 6) is -0.356. The molecular weight excluding hydrogens is 308 g/mol. The second kappa shape index (κ2) is 5.82. The minimum absolute atomic E-state index is 0.0877. The van der Waals surface area contributed by atoms with Gasteiger partial charge in [-0.05, 0) is 30.3 Å². The molecule has 0 unspecified atom stereocenters. The highest BCUT2D eigenvalue weighted by molar-refractivity contribution is 6.33. The molecule has 1 aromatic carbocycles. The van der Waals surface area contributed by atoms with E-state index >= 15 is 0 Å². The van der Waals surface area contributed by atoms with E-state index in [2.05, 4.69) is 15.3 Å². The Hall–Kier alpha value is -2.93. The first-order chi connectivity index (χ1) is 10.6. The van der Waals surface area contributed by atoms with Crippen molar-refractivity contribution in [2.75, 3.05) is 0 Å². The number of rotatable bonds is 4. The number of carbonyl (C=O) groups excluding carboxylic acids is 1. The van der Waals surface area contributed by atoms with Crippen molar-refractivity contribution in [2.24, 2.45) is 5.10 Å². The highest BCUT2D eigenvalue weighted by Gasteiger charge is 2.08. The summed E-state index contributed by atoms with van der Waals surface area (Å²) in [6.45, 7) is 0. The average molecular weight is 316 g/mol. The quantitative estimate of drug-likeness (QED) is 0.679. The molecule has 2 aromatic heterocycles. The molecule has 0 radical (unpaired) electrons. The van der Waals surface area contributed by atoms with Crippen LogP contribution in [0.4, 0.5) is 0 Å². The third-order valence-corrected chi connectivity index (χ3v) is 3.15. The van der Waals surface area contributed by atoms with Gasteiger partial charge in [0.25, 0.3) is 0 Å². The van der Waals surface area contributed by atoms with E-state index in [0.717, 1.165) is 0 Å². The Kier molecular flexibility index (Phi) is 3.71. The molecule has 22 heavy (non-hydrogen) atoms. The number of aromatic carboxylic acids is 1. The maximum atomic E-state index is 11.0. The topological polar surface area (TPSA) is 96.3 Å². The van der Waals surface area contributed by atoms with E-state index in [-0.39, 0.29) is 10.6 Å². The summed E-state index contributed by atoms with van der Waals surface area (Å²) in [4.78, 5) is 11.0. The fourth-order valence-electron chi connectivity index (χ4n) is 1.79. The van der Waals surface area contributed by atoms with Gasteiger partial charge in [-0.25, -0.2) is 4.68 Å². The Labute approximate surface area is 129 Å².